The molecule has 0 unspecified atom stereocenters. The third-order valence-corrected chi connectivity index (χ3v) is 4.34. The second-order valence-electron chi connectivity index (χ2n) is 4.28. The first-order chi connectivity index (χ1) is 9.72. The van der Waals surface area contributed by atoms with Crippen LogP contribution in [0, 0.1) is 11.6 Å². The Hall–Kier alpha value is -2.23. The fourth-order valence-corrected chi connectivity index (χ4v) is 2.61. The van der Waals surface area contributed by atoms with Crippen LogP contribution >= 0.6 is 0 Å². The van der Waals surface area contributed by atoms with Crippen molar-refractivity contribution in [2.45, 2.75) is 18.1 Å². The topological polar surface area (TPSA) is 110 Å². The van der Waals surface area contributed by atoms with Crippen molar-refractivity contribution >= 4 is 27.9 Å². The van der Waals surface area contributed by atoms with Gasteiger partial charge in [0.25, 0.3) is 0 Å². The number of amides is 1. The Morgan fingerprint density at radius 2 is 1.90 bits per heavy atom. The monoisotopic (exact) mass is 321 g/mol. The number of anilines is 1. The first-order valence-electron chi connectivity index (χ1n) is 5.68. The molecule has 1 aromatic rings. The van der Waals surface area contributed by atoms with E-state index in [0.717, 1.165) is 6.07 Å². The number of rotatable bonds is 4. The summed E-state index contributed by atoms with van der Waals surface area (Å²) in [5.41, 5.74) is -1.97. The smallest absolute Gasteiger partial charge is 0.427 e. The number of carboxylic acid groups (broad SMARTS) is 1. The molecule has 7 nitrogen and oxygen atoms in total. The third-order valence-electron chi connectivity index (χ3n) is 2.67. The van der Waals surface area contributed by atoms with E-state index in [1.165, 1.54) is 0 Å². The highest BCUT2D eigenvalue weighted by molar-refractivity contribution is 7.88. The normalized spacial score (nSPS) is 14.6. The Morgan fingerprint density at radius 1 is 1.29 bits per heavy atom. The Morgan fingerprint density at radius 3 is 2.43 bits per heavy atom. The molecule has 0 spiro atoms. The molecule has 0 saturated heterocycles. The van der Waals surface area contributed by atoms with Crippen molar-refractivity contribution in [3.8, 4) is 0 Å². The first-order valence-corrected chi connectivity index (χ1v) is 7.15. The molecule has 1 aliphatic rings. The summed E-state index contributed by atoms with van der Waals surface area (Å²) in [6, 6.07) is 1.37. The minimum absolute atomic E-state index is 0.365. The van der Waals surface area contributed by atoms with Gasteiger partial charge in [-0.3, -0.25) is 5.32 Å². The average Bonchev–Trinajstić information content (AvgIpc) is 3.16. The fourth-order valence-electron chi connectivity index (χ4n) is 1.51. The van der Waals surface area contributed by atoms with Crippen LogP contribution in [0.4, 0.5) is 19.3 Å². The minimum atomic E-state index is -4.08. The quantitative estimate of drug-likeness (QED) is 0.817. The Labute approximate surface area is 117 Å². The van der Waals surface area contributed by atoms with Crippen LogP contribution in [0.2, 0.25) is 0 Å². The van der Waals surface area contributed by atoms with Crippen LogP contribution in [0.25, 0.3) is 0 Å². The van der Waals surface area contributed by atoms with E-state index in [9.17, 15) is 26.8 Å². The molecule has 10 heteroatoms. The van der Waals surface area contributed by atoms with E-state index in [1.54, 1.807) is 5.32 Å². The van der Waals surface area contributed by atoms with E-state index in [-0.39, 0.29) is 0 Å². The van der Waals surface area contributed by atoms with Gasteiger partial charge in [0.05, 0.1) is 10.9 Å². The number of aromatic carboxylic acids is 1. The number of carboxylic acids is 1. The number of nitrogens with one attached hydrogen (secondary N) is 1. The zero-order valence-corrected chi connectivity index (χ0v) is 11.1. The van der Waals surface area contributed by atoms with Gasteiger partial charge in [0, 0.05) is 0 Å². The first kappa shape index (κ1) is 15.2. The van der Waals surface area contributed by atoms with Crippen molar-refractivity contribution in [3.05, 3.63) is 29.3 Å². The number of halogens is 2. The lowest BCUT2D eigenvalue weighted by atomic mass is 10.1. The minimum Gasteiger partial charge on any atom is -0.477 e. The van der Waals surface area contributed by atoms with Gasteiger partial charge in [-0.2, -0.15) is 8.42 Å². The third kappa shape index (κ3) is 3.27. The molecule has 0 heterocycles. The molecule has 0 atom stereocenters. The van der Waals surface area contributed by atoms with Gasteiger partial charge in [-0.15, -0.1) is 0 Å². The largest absolute Gasteiger partial charge is 0.477 e. The van der Waals surface area contributed by atoms with Gasteiger partial charge in [0.15, 0.2) is 5.82 Å². The number of benzene rings is 1. The van der Waals surface area contributed by atoms with Gasteiger partial charge in [0.2, 0.25) is 0 Å². The van der Waals surface area contributed by atoms with Crippen LogP contribution in [0.1, 0.15) is 23.2 Å². The van der Waals surface area contributed by atoms with Crippen LogP contribution in [0.5, 0.6) is 0 Å². The van der Waals surface area contributed by atoms with Crippen molar-refractivity contribution in [2.75, 3.05) is 5.32 Å². The predicted molar refractivity (Wildman–Crippen MR) is 65.4 cm³/mol. The molecule has 2 N–H and O–H groups in total. The maximum absolute atomic E-state index is 13.7. The van der Waals surface area contributed by atoms with Crippen molar-refractivity contribution in [1.82, 2.24) is 0 Å². The van der Waals surface area contributed by atoms with Crippen molar-refractivity contribution in [1.29, 1.82) is 0 Å². The predicted octanol–water partition coefficient (Wildman–Crippen LogP) is 1.70. The zero-order valence-electron chi connectivity index (χ0n) is 10.3. The molecule has 0 bridgehead atoms. The summed E-state index contributed by atoms with van der Waals surface area (Å²) in [6.45, 7) is 0. The summed E-state index contributed by atoms with van der Waals surface area (Å²) >= 11 is 0. The molecule has 1 aliphatic carbocycles. The standard InChI is InChI=1S/C11H9F2NO6S/c12-6-3-4-7(9(13)8(6)10(15)16)14-11(17)20-21(18,19)5-1-2-5/h3-5H,1-2H2,(H,14,17)(H,15,16). The number of carbonyl (C=O) groups is 2. The van der Waals surface area contributed by atoms with E-state index in [1.807, 2.05) is 0 Å². The molecule has 0 aromatic heterocycles. The molecule has 2 rings (SSSR count). The van der Waals surface area contributed by atoms with Gasteiger partial charge in [0.1, 0.15) is 11.4 Å². The molecule has 21 heavy (non-hydrogen) atoms. The zero-order chi connectivity index (χ0) is 15.8. The lowest BCUT2D eigenvalue weighted by molar-refractivity contribution is 0.0686. The second kappa shape index (κ2) is 5.28. The van der Waals surface area contributed by atoms with Crippen LogP contribution in [-0.4, -0.2) is 30.8 Å². The van der Waals surface area contributed by atoms with Gasteiger partial charge in [-0.1, -0.05) is 0 Å². The molecular formula is C11H9F2NO6S. The van der Waals surface area contributed by atoms with Crippen LogP contribution < -0.4 is 5.32 Å². The molecule has 0 radical (unpaired) electrons. The Balaban J connectivity index is 2.18. The maximum Gasteiger partial charge on any atom is 0.427 e. The highest BCUT2D eigenvalue weighted by atomic mass is 32.2. The maximum atomic E-state index is 13.7. The van der Waals surface area contributed by atoms with Gasteiger partial charge >= 0.3 is 22.2 Å². The van der Waals surface area contributed by atoms with Gasteiger partial charge in [-0.25, -0.2) is 18.4 Å². The van der Waals surface area contributed by atoms with Crippen molar-refractivity contribution < 1.29 is 36.1 Å². The summed E-state index contributed by atoms with van der Waals surface area (Å²) in [6.07, 6.45) is -0.767. The molecule has 0 aliphatic heterocycles. The summed E-state index contributed by atoms with van der Waals surface area (Å²) < 4.78 is 53.8. The number of hydrogen-bond acceptors (Lipinski definition) is 5. The van der Waals surface area contributed by atoms with Gasteiger partial charge in [-0.05, 0) is 25.0 Å². The van der Waals surface area contributed by atoms with E-state index < -0.39 is 50.3 Å². The van der Waals surface area contributed by atoms with E-state index in [4.69, 9.17) is 5.11 Å². The molecule has 1 amide bonds. The van der Waals surface area contributed by atoms with Crippen LogP contribution in [0.15, 0.2) is 12.1 Å². The summed E-state index contributed by atoms with van der Waals surface area (Å²) in [5, 5.41) is 9.61. The number of carbonyl (C=O) groups excluding carboxylic acids is 1. The fraction of sp³-hybridized carbons (Fsp3) is 0.273. The lowest BCUT2D eigenvalue weighted by Gasteiger charge is -2.09. The molecule has 1 fully saturated rings. The summed E-state index contributed by atoms with van der Waals surface area (Å²) in [4.78, 5) is 22.0. The van der Waals surface area contributed by atoms with E-state index >= 15 is 0 Å². The highest BCUT2D eigenvalue weighted by Crippen LogP contribution is 2.30. The molecule has 1 saturated carbocycles. The summed E-state index contributed by atoms with van der Waals surface area (Å²) in [5.74, 6) is -4.74. The molecule has 1 aromatic carbocycles. The molecular weight excluding hydrogens is 312 g/mol. The van der Waals surface area contributed by atoms with Gasteiger partial charge < -0.3 is 9.29 Å². The molecule has 114 valence electrons. The summed E-state index contributed by atoms with van der Waals surface area (Å²) in [7, 11) is -4.08. The Bertz CT molecular complexity index is 714. The van der Waals surface area contributed by atoms with E-state index in [0.29, 0.717) is 18.9 Å². The van der Waals surface area contributed by atoms with Crippen LogP contribution in [-0.2, 0) is 14.3 Å². The van der Waals surface area contributed by atoms with Crippen LogP contribution in [0.3, 0.4) is 0 Å². The van der Waals surface area contributed by atoms with Crippen molar-refractivity contribution in [2.24, 2.45) is 0 Å². The highest BCUT2D eigenvalue weighted by Gasteiger charge is 2.39. The second-order valence-corrected chi connectivity index (χ2v) is 6.10. The average molecular weight is 321 g/mol. The SMILES string of the molecule is O=C(Nc1ccc(F)c(C(=O)O)c1F)OS(=O)(=O)C1CC1. The van der Waals surface area contributed by atoms with E-state index in [2.05, 4.69) is 4.18 Å². The Kier molecular flexibility index (Phi) is 3.81. The number of hydrogen-bond donors (Lipinski definition) is 2. The van der Waals surface area contributed by atoms with Crippen molar-refractivity contribution in [3.63, 3.8) is 0 Å². The lowest BCUT2D eigenvalue weighted by Crippen LogP contribution is -2.22.